The number of anilines is 3. The summed E-state index contributed by atoms with van der Waals surface area (Å²) in [6, 6.07) is 9.61. The number of nitrogens with one attached hydrogen (secondary N) is 1. The predicted octanol–water partition coefficient (Wildman–Crippen LogP) is 2.59. The van der Waals surface area contributed by atoms with Crippen LogP contribution in [0.15, 0.2) is 36.7 Å². The van der Waals surface area contributed by atoms with Crippen molar-refractivity contribution in [3.63, 3.8) is 0 Å². The number of hydrogen-bond donors (Lipinski definition) is 2. The van der Waals surface area contributed by atoms with Crippen molar-refractivity contribution < 1.29 is 0 Å². The summed E-state index contributed by atoms with van der Waals surface area (Å²) in [5.41, 5.74) is 9.41. The molecule has 2 aromatic rings. The minimum atomic E-state index is 0.554. The summed E-state index contributed by atoms with van der Waals surface area (Å²) in [5.74, 6) is 0. The van der Waals surface area contributed by atoms with Crippen LogP contribution < -0.4 is 11.1 Å². The highest BCUT2D eigenvalue weighted by atomic mass is 14.9. The molecule has 0 aliphatic heterocycles. The molecule has 0 spiro atoms. The molecule has 84 valence electrons. The quantitative estimate of drug-likeness (QED) is 0.822. The highest BCUT2D eigenvalue weighted by molar-refractivity contribution is 5.75. The van der Waals surface area contributed by atoms with Crippen LogP contribution in [-0.4, -0.2) is 4.98 Å². The van der Waals surface area contributed by atoms with E-state index in [4.69, 9.17) is 11.0 Å². The lowest BCUT2D eigenvalue weighted by atomic mass is 10.1. The van der Waals surface area contributed by atoms with Gasteiger partial charge in [-0.1, -0.05) is 12.1 Å². The third-order valence-corrected chi connectivity index (χ3v) is 2.51. The SMILES string of the molecule is Cc1cccc(Nc2ccncc2N)c1C#N. The number of nitrogen functional groups attached to an aromatic ring is 1. The summed E-state index contributed by atoms with van der Waals surface area (Å²) in [6.07, 6.45) is 3.23. The fraction of sp³-hybridized carbons (Fsp3) is 0.0769. The van der Waals surface area contributed by atoms with E-state index in [1.54, 1.807) is 18.5 Å². The van der Waals surface area contributed by atoms with E-state index in [1.165, 1.54) is 0 Å². The Kier molecular flexibility index (Phi) is 2.93. The largest absolute Gasteiger partial charge is 0.396 e. The fourth-order valence-electron chi connectivity index (χ4n) is 1.59. The molecule has 1 heterocycles. The monoisotopic (exact) mass is 224 g/mol. The van der Waals surface area contributed by atoms with E-state index in [0.29, 0.717) is 11.3 Å². The van der Waals surface area contributed by atoms with Crippen LogP contribution in [0.25, 0.3) is 0 Å². The van der Waals surface area contributed by atoms with E-state index in [1.807, 2.05) is 25.1 Å². The van der Waals surface area contributed by atoms with Gasteiger partial charge in [-0.15, -0.1) is 0 Å². The van der Waals surface area contributed by atoms with Gasteiger partial charge in [0, 0.05) is 6.20 Å². The van der Waals surface area contributed by atoms with Crippen LogP contribution in [0.2, 0.25) is 0 Å². The first kappa shape index (κ1) is 11.0. The highest BCUT2D eigenvalue weighted by Gasteiger charge is 2.06. The average molecular weight is 224 g/mol. The third kappa shape index (κ3) is 2.18. The second-order valence-electron chi connectivity index (χ2n) is 3.70. The Balaban J connectivity index is 2.41. The van der Waals surface area contributed by atoms with Crippen molar-refractivity contribution >= 4 is 17.1 Å². The molecule has 0 unspecified atom stereocenters. The van der Waals surface area contributed by atoms with E-state index >= 15 is 0 Å². The molecule has 17 heavy (non-hydrogen) atoms. The van der Waals surface area contributed by atoms with Crippen LogP contribution in [0.5, 0.6) is 0 Å². The van der Waals surface area contributed by atoms with Gasteiger partial charge in [-0.3, -0.25) is 4.98 Å². The second-order valence-corrected chi connectivity index (χ2v) is 3.70. The molecular formula is C13H12N4. The summed E-state index contributed by atoms with van der Waals surface area (Å²) < 4.78 is 0. The Morgan fingerprint density at radius 2 is 2.12 bits per heavy atom. The number of nitrogens with zero attached hydrogens (tertiary/aromatic N) is 2. The van der Waals surface area contributed by atoms with E-state index in [9.17, 15) is 0 Å². The van der Waals surface area contributed by atoms with E-state index in [2.05, 4.69) is 16.4 Å². The van der Waals surface area contributed by atoms with Crippen LogP contribution in [0.4, 0.5) is 17.1 Å². The number of aromatic nitrogens is 1. The summed E-state index contributed by atoms with van der Waals surface area (Å²) in [4.78, 5) is 3.92. The van der Waals surface area contributed by atoms with Gasteiger partial charge in [0.2, 0.25) is 0 Å². The van der Waals surface area contributed by atoms with Crippen molar-refractivity contribution in [3.8, 4) is 6.07 Å². The lowest BCUT2D eigenvalue weighted by molar-refractivity contribution is 1.32. The van der Waals surface area contributed by atoms with Gasteiger partial charge in [-0.25, -0.2) is 0 Å². The lowest BCUT2D eigenvalue weighted by Crippen LogP contribution is -1.99. The molecule has 0 aliphatic rings. The predicted molar refractivity (Wildman–Crippen MR) is 67.8 cm³/mol. The topological polar surface area (TPSA) is 74.7 Å². The van der Waals surface area contributed by atoms with Gasteiger partial charge >= 0.3 is 0 Å². The molecule has 0 atom stereocenters. The zero-order valence-electron chi connectivity index (χ0n) is 9.44. The van der Waals surface area contributed by atoms with Crippen molar-refractivity contribution in [3.05, 3.63) is 47.8 Å². The van der Waals surface area contributed by atoms with E-state index in [0.717, 1.165) is 16.9 Å². The van der Waals surface area contributed by atoms with E-state index in [-0.39, 0.29) is 0 Å². The Morgan fingerprint density at radius 3 is 2.82 bits per heavy atom. The molecule has 3 N–H and O–H groups in total. The van der Waals surface area contributed by atoms with Gasteiger partial charge in [-0.2, -0.15) is 5.26 Å². The number of rotatable bonds is 2. The zero-order chi connectivity index (χ0) is 12.3. The second kappa shape index (κ2) is 4.54. The summed E-state index contributed by atoms with van der Waals surface area (Å²) in [7, 11) is 0. The first-order valence-electron chi connectivity index (χ1n) is 5.18. The Bertz CT molecular complexity index is 584. The maximum atomic E-state index is 9.11. The Morgan fingerprint density at radius 1 is 1.29 bits per heavy atom. The highest BCUT2D eigenvalue weighted by Crippen LogP contribution is 2.25. The Labute approximate surface area is 99.7 Å². The molecule has 4 nitrogen and oxygen atoms in total. The Hall–Kier alpha value is -2.54. The smallest absolute Gasteiger partial charge is 0.102 e. The maximum Gasteiger partial charge on any atom is 0.102 e. The van der Waals surface area contributed by atoms with Crippen molar-refractivity contribution in [1.82, 2.24) is 4.98 Å². The average Bonchev–Trinajstić information content (AvgIpc) is 2.32. The standard InChI is InChI=1S/C13H12N4/c1-9-3-2-4-12(10(9)7-14)17-13-5-6-16-8-11(13)15/h2-6,8H,15H2,1H3,(H,16,17). The normalized spacial score (nSPS) is 9.65. The van der Waals surface area contributed by atoms with Gasteiger partial charge in [0.15, 0.2) is 0 Å². The zero-order valence-corrected chi connectivity index (χ0v) is 9.44. The number of aryl methyl sites for hydroxylation is 1. The van der Waals surface area contributed by atoms with Gasteiger partial charge in [0.1, 0.15) is 6.07 Å². The molecule has 0 fully saturated rings. The molecule has 0 bridgehead atoms. The molecule has 0 amide bonds. The van der Waals surface area contributed by atoms with Crippen molar-refractivity contribution in [2.45, 2.75) is 6.92 Å². The van der Waals surface area contributed by atoms with Crippen LogP contribution in [0.1, 0.15) is 11.1 Å². The molecule has 0 saturated carbocycles. The van der Waals surface area contributed by atoms with Crippen LogP contribution in [-0.2, 0) is 0 Å². The molecular weight excluding hydrogens is 212 g/mol. The van der Waals surface area contributed by atoms with Crippen LogP contribution >= 0.6 is 0 Å². The fourth-order valence-corrected chi connectivity index (χ4v) is 1.59. The summed E-state index contributed by atoms with van der Waals surface area (Å²) in [5, 5.41) is 12.3. The van der Waals surface area contributed by atoms with Gasteiger partial charge < -0.3 is 11.1 Å². The lowest BCUT2D eigenvalue weighted by Gasteiger charge is -2.11. The number of hydrogen-bond acceptors (Lipinski definition) is 4. The van der Waals surface area contributed by atoms with Crippen LogP contribution in [0.3, 0.4) is 0 Å². The molecule has 4 heteroatoms. The third-order valence-electron chi connectivity index (χ3n) is 2.51. The maximum absolute atomic E-state index is 9.11. The van der Waals surface area contributed by atoms with Gasteiger partial charge in [0.25, 0.3) is 0 Å². The number of nitriles is 1. The summed E-state index contributed by atoms with van der Waals surface area (Å²) in [6.45, 7) is 1.90. The molecule has 0 saturated heterocycles. The molecule has 0 aliphatic carbocycles. The van der Waals surface area contributed by atoms with Crippen molar-refractivity contribution in [2.75, 3.05) is 11.1 Å². The molecule has 1 aromatic carbocycles. The minimum Gasteiger partial charge on any atom is -0.396 e. The number of benzene rings is 1. The number of nitrogens with two attached hydrogens (primary N) is 1. The van der Waals surface area contributed by atoms with Crippen molar-refractivity contribution in [1.29, 1.82) is 5.26 Å². The first-order valence-corrected chi connectivity index (χ1v) is 5.18. The van der Waals surface area contributed by atoms with E-state index < -0.39 is 0 Å². The molecule has 1 aromatic heterocycles. The number of pyridine rings is 1. The minimum absolute atomic E-state index is 0.554. The van der Waals surface area contributed by atoms with Gasteiger partial charge in [-0.05, 0) is 24.6 Å². The molecule has 0 radical (unpaired) electrons. The first-order chi connectivity index (χ1) is 8.22. The summed E-state index contributed by atoms with van der Waals surface area (Å²) >= 11 is 0. The molecule has 2 rings (SSSR count). The van der Waals surface area contributed by atoms with Crippen molar-refractivity contribution in [2.24, 2.45) is 0 Å². The van der Waals surface area contributed by atoms with Gasteiger partial charge in [0.05, 0.1) is 28.8 Å². The van der Waals surface area contributed by atoms with Crippen LogP contribution in [0, 0.1) is 18.3 Å².